The van der Waals surface area contributed by atoms with E-state index >= 15 is 0 Å². The first-order valence-electron chi connectivity index (χ1n) is 8.44. The molecule has 1 aromatic heterocycles. The van der Waals surface area contributed by atoms with Crippen molar-refractivity contribution < 1.29 is 9.90 Å². The summed E-state index contributed by atoms with van der Waals surface area (Å²) in [6.07, 6.45) is 8.64. The number of nitrogens with one attached hydrogen (secondary N) is 1. The SMILES string of the molecule is CCC[C@H]1CC[C@H](NC(=S)C(C)(C(=O)O)c2ccccn2)CC1. The van der Waals surface area contributed by atoms with Gasteiger partial charge in [-0.05, 0) is 50.7 Å². The summed E-state index contributed by atoms with van der Waals surface area (Å²) in [5.74, 6) is -0.151. The third-order valence-electron chi connectivity index (χ3n) is 4.94. The normalized spacial score (nSPS) is 23.7. The highest BCUT2D eigenvalue weighted by Gasteiger charge is 2.42. The fourth-order valence-corrected chi connectivity index (χ4v) is 3.67. The Morgan fingerprint density at radius 2 is 2.09 bits per heavy atom. The van der Waals surface area contributed by atoms with Crippen molar-refractivity contribution >= 4 is 23.2 Å². The van der Waals surface area contributed by atoms with Gasteiger partial charge in [-0.25, -0.2) is 0 Å². The molecular weight excluding hydrogens is 308 g/mol. The third-order valence-corrected chi connectivity index (χ3v) is 5.46. The van der Waals surface area contributed by atoms with E-state index in [0.717, 1.165) is 18.8 Å². The lowest BCUT2D eigenvalue weighted by atomic mass is 9.82. The van der Waals surface area contributed by atoms with Crippen molar-refractivity contribution in [3.05, 3.63) is 30.1 Å². The van der Waals surface area contributed by atoms with Crippen LogP contribution in [0.1, 0.15) is 58.1 Å². The van der Waals surface area contributed by atoms with Gasteiger partial charge in [-0.2, -0.15) is 0 Å². The Morgan fingerprint density at radius 1 is 1.39 bits per heavy atom. The first-order chi connectivity index (χ1) is 11.0. The van der Waals surface area contributed by atoms with Crippen LogP contribution in [-0.4, -0.2) is 27.1 Å². The van der Waals surface area contributed by atoms with Gasteiger partial charge in [-0.15, -0.1) is 0 Å². The fraction of sp³-hybridized carbons (Fsp3) is 0.611. The smallest absolute Gasteiger partial charge is 0.322 e. The van der Waals surface area contributed by atoms with E-state index in [9.17, 15) is 9.90 Å². The second-order valence-corrected chi connectivity index (χ2v) is 7.03. The number of carboxylic acids is 1. The highest BCUT2D eigenvalue weighted by Crippen LogP contribution is 2.29. The van der Waals surface area contributed by atoms with Crippen molar-refractivity contribution in [2.45, 2.75) is 63.8 Å². The van der Waals surface area contributed by atoms with Crippen molar-refractivity contribution in [2.24, 2.45) is 5.92 Å². The standard InChI is InChI=1S/C18H26N2O2S/c1-3-6-13-8-10-14(11-9-13)20-16(23)18(2,17(21)22)15-7-4-5-12-19-15/h4-5,7,12-14H,3,6,8-11H2,1-2H3,(H,20,23)(H,21,22)/t13-,14-,18?. The van der Waals surface area contributed by atoms with Gasteiger partial charge in [0.2, 0.25) is 0 Å². The zero-order chi connectivity index (χ0) is 16.9. The van der Waals surface area contributed by atoms with Crippen LogP contribution in [0.2, 0.25) is 0 Å². The van der Waals surface area contributed by atoms with Gasteiger partial charge in [-0.3, -0.25) is 9.78 Å². The summed E-state index contributed by atoms with van der Waals surface area (Å²) in [7, 11) is 0. The molecule has 0 aliphatic heterocycles. The Morgan fingerprint density at radius 3 is 2.61 bits per heavy atom. The molecule has 1 heterocycles. The van der Waals surface area contributed by atoms with E-state index in [2.05, 4.69) is 17.2 Å². The number of carbonyl (C=O) groups is 1. The van der Waals surface area contributed by atoms with E-state index in [1.807, 2.05) is 0 Å². The molecule has 1 aromatic rings. The molecule has 1 fully saturated rings. The molecule has 5 heteroatoms. The van der Waals surface area contributed by atoms with Crippen LogP contribution in [0.25, 0.3) is 0 Å². The largest absolute Gasteiger partial charge is 0.480 e. The first kappa shape index (κ1) is 17.9. The van der Waals surface area contributed by atoms with Crippen LogP contribution in [0.3, 0.4) is 0 Å². The first-order valence-corrected chi connectivity index (χ1v) is 8.85. The number of nitrogens with zero attached hydrogens (tertiary/aromatic N) is 1. The van der Waals surface area contributed by atoms with E-state index in [4.69, 9.17) is 12.2 Å². The maximum absolute atomic E-state index is 11.9. The van der Waals surface area contributed by atoms with Gasteiger partial charge in [0.05, 0.1) is 10.7 Å². The Balaban J connectivity index is 2.04. The van der Waals surface area contributed by atoms with Crippen LogP contribution < -0.4 is 5.32 Å². The average molecular weight is 334 g/mol. The number of hydrogen-bond acceptors (Lipinski definition) is 3. The van der Waals surface area contributed by atoms with Gasteiger partial charge in [-0.1, -0.05) is 38.0 Å². The second-order valence-electron chi connectivity index (χ2n) is 6.62. The van der Waals surface area contributed by atoms with Gasteiger partial charge in [0.25, 0.3) is 0 Å². The molecule has 1 aliphatic rings. The van der Waals surface area contributed by atoms with Crippen LogP contribution >= 0.6 is 12.2 Å². The minimum absolute atomic E-state index is 0.276. The molecule has 0 aromatic carbocycles. The molecule has 0 radical (unpaired) electrons. The van der Waals surface area contributed by atoms with Crippen LogP contribution in [0.5, 0.6) is 0 Å². The number of rotatable bonds is 6. The van der Waals surface area contributed by atoms with E-state index in [1.54, 1.807) is 31.3 Å². The maximum Gasteiger partial charge on any atom is 0.322 e. The van der Waals surface area contributed by atoms with Crippen molar-refractivity contribution in [3.63, 3.8) is 0 Å². The third kappa shape index (κ3) is 4.08. The summed E-state index contributed by atoms with van der Waals surface area (Å²) in [6, 6.07) is 5.57. The molecule has 2 rings (SSSR count). The number of thiocarbonyl (C=S) groups is 1. The van der Waals surface area contributed by atoms with Crippen molar-refractivity contribution in [1.29, 1.82) is 0 Å². The molecule has 0 amide bonds. The monoisotopic (exact) mass is 334 g/mol. The van der Waals surface area contributed by atoms with Crippen LogP contribution in [0, 0.1) is 5.92 Å². The lowest BCUT2D eigenvalue weighted by Gasteiger charge is -2.33. The molecule has 0 bridgehead atoms. The highest BCUT2D eigenvalue weighted by atomic mass is 32.1. The molecule has 23 heavy (non-hydrogen) atoms. The lowest BCUT2D eigenvalue weighted by molar-refractivity contribution is -0.140. The minimum Gasteiger partial charge on any atom is -0.480 e. The van der Waals surface area contributed by atoms with Gasteiger partial charge in [0.15, 0.2) is 5.41 Å². The Hall–Kier alpha value is -1.49. The second kappa shape index (κ2) is 7.86. The number of hydrogen-bond donors (Lipinski definition) is 2. The van der Waals surface area contributed by atoms with Gasteiger partial charge >= 0.3 is 5.97 Å². The molecule has 1 atom stereocenters. The van der Waals surface area contributed by atoms with Crippen molar-refractivity contribution in [1.82, 2.24) is 10.3 Å². The summed E-state index contributed by atoms with van der Waals surface area (Å²) >= 11 is 5.48. The van der Waals surface area contributed by atoms with E-state index in [1.165, 1.54) is 25.7 Å². The molecule has 0 saturated heterocycles. The summed E-state index contributed by atoms with van der Waals surface area (Å²) < 4.78 is 0. The molecule has 1 unspecified atom stereocenters. The molecule has 0 spiro atoms. The average Bonchev–Trinajstić information content (AvgIpc) is 2.56. The van der Waals surface area contributed by atoms with Crippen LogP contribution in [0.4, 0.5) is 0 Å². The summed E-state index contributed by atoms with van der Waals surface area (Å²) in [5, 5.41) is 13.0. The highest BCUT2D eigenvalue weighted by molar-refractivity contribution is 7.80. The Bertz CT molecular complexity index is 541. The predicted octanol–water partition coefficient (Wildman–Crippen LogP) is 3.70. The molecule has 2 N–H and O–H groups in total. The Labute approximate surface area is 143 Å². The summed E-state index contributed by atoms with van der Waals surface area (Å²) in [5.41, 5.74) is -0.804. The summed E-state index contributed by atoms with van der Waals surface area (Å²) in [6.45, 7) is 3.86. The Kier molecular flexibility index (Phi) is 6.10. The topological polar surface area (TPSA) is 62.2 Å². The van der Waals surface area contributed by atoms with Crippen molar-refractivity contribution in [3.8, 4) is 0 Å². The zero-order valence-corrected chi connectivity index (χ0v) is 14.7. The van der Waals surface area contributed by atoms with Crippen LogP contribution in [-0.2, 0) is 10.2 Å². The lowest BCUT2D eigenvalue weighted by Crippen LogP contribution is -2.51. The van der Waals surface area contributed by atoms with E-state index in [0.29, 0.717) is 10.7 Å². The number of aliphatic carboxylic acids is 1. The number of carboxylic acid groups (broad SMARTS) is 1. The molecule has 1 aliphatic carbocycles. The van der Waals surface area contributed by atoms with Gasteiger partial charge in [0.1, 0.15) is 0 Å². The summed E-state index contributed by atoms with van der Waals surface area (Å²) in [4.78, 5) is 16.5. The van der Waals surface area contributed by atoms with Gasteiger partial charge < -0.3 is 10.4 Å². The molecule has 126 valence electrons. The van der Waals surface area contributed by atoms with E-state index in [-0.39, 0.29) is 6.04 Å². The van der Waals surface area contributed by atoms with Gasteiger partial charge in [0, 0.05) is 12.2 Å². The quantitative estimate of drug-likeness (QED) is 0.777. The fourth-order valence-electron chi connectivity index (χ4n) is 3.31. The zero-order valence-electron chi connectivity index (χ0n) is 13.9. The number of aromatic nitrogens is 1. The molecule has 4 nitrogen and oxygen atoms in total. The molecular formula is C18H26N2O2S. The number of pyridine rings is 1. The van der Waals surface area contributed by atoms with Crippen LogP contribution in [0.15, 0.2) is 24.4 Å². The van der Waals surface area contributed by atoms with E-state index < -0.39 is 11.4 Å². The molecule has 1 saturated carbocycles. The predicted molar refractivity (Wildman–Crippen MR) is 95.6 cm³/mol. The van der Waals surface area contributed by atoms with Crippen molar-refractivity contribution in [2.75, 3.05) is 0 Å². The maximum atomic E-state index is 11.9. The minimum atomic E-state index is -1.28.